The quantitative estimate of drug-likeness (QED) is 0.0110. The van der Waals surface area contributed by atoms with E-state index in [0.717, 1.165) is 42.4 Å². The lowest BCUT2D eigenvalue weighted by Crippen LogP contribution is -2.67. The molecule has 14 heteroatoms. The Morgan fingerprint density at radius 2 is 0.798 bits per heavy atom. The fourth-order valence-corrected chi connectivity index (χ4v) is 22.4. The molecule has 0 aliphatic rings. The minimum atomic E-state index is -2.68. The number of aliphatic hydroxyl groups is 1. The second-order valence-corrected chi connectivity index (χ2v) is 35.1. The Labute approximate surface area is 523 Å². The topological polar surface area (TPSA) is 110 Å². The number of rotatable bonds is 32. The molecule has 0 spiro atoms. The van der Waals surface area contributed by atoms with Gasteiger partial charge in [-0.2, -0.15) is 0 Å². The number of ether oxygens (including phenoxy) is 2. The minimum Gasteiger partial charge on any atom is -0.454 e. The lowest BCUT2D eigenvalue weighted by molar-refractivity contribution is 0.0273. The molecule has 0 fully saturated rings. The van der Waals surface area contributed by atoms with Crippen molar-refractivity contribution < 1.29 is 42.1 Å². The van der Waals surface area contributed by atoms with Gasteiger partial charge in [-0.05, 0) is 136 Å². The SMILES string of the molecule is COPC[C@@H](CCCI)C(/C=C\C[C@H](C)O[Si](c1ccccc1)(c1ccccc1)C(C)(C)C)OC(=O)c1ccccc1.COPC[C@@H](CCCO)C(/C=C\C[C@H](C)O[Si](c1ccccc1)(c1ccccc1)C(C)(C)C)OC(=O)c1ccccc1. The Morgan fingerprint density at radius 1 is 0.500 bits per heavy atom. The summed E-state index contributed by atoms with van der Waals surface area (Å²) in [6.07, 6.45) is 13.9. The zero-order valence-electron chi connectivity index (χ0n) is 51.3. The largest absolute Gasteiger partial charge is 0.454 e. The Kier molecular flexibility index (Phi) is 30.7. The number of hydrogen-bond acceptors (Lipinski definition) is 9. The number of carbonyl (C=O) groups is 2. The molecule has 452 valence electrons. The summed E-state index contributed by atoms with van der Waals surface area (Å²) in [5.41, 5.74) is 1.09. The van der Waals surface area contributed by atoms with E-state index in [1.165, 1.54) is 20.7 Å². The fraction of sp³-hybridized carbons (Fsp3) is 0.400. The standard InChI is InChI=1S/C35H46IO4PSi.C35H47O5PSi/c2*1-28(40-42(35(2,3)4,31-21-11-7-12-22-31)32-23-13-8-14-24-32)17-15-25-33(30(20-16-26-36)27-41-38-5)39-34(37)29-18-9-6-10-19-29/h6-15,18-19,21-25,28,30,33,41H,16-17,20,26-27H2,1-5H3;6-15,18-19,21-25,28,30,33,36,41H,16-17,20,26-27H2,1-5H3/b2*25-15-/t2*28-,30+,33?/m00/s1. The minimum absolute atomic E-state index is 0.0345. The van der Waals surface area contributed by atoms with Crippen molar-refractivity contribution in [2.24, 2.45) is 11.8 Å². The van der Waals surface area contributed by atoms with Crippen LogP contribution in [0.1, 0.15) is 115 Å². The first-order valence-corrected chi connectivity index (χ1v) is 37.1. The number of esters is 2. The number of benzene rings is 6. The average molecular weight is 1320 g/mol. The molecule has 6 aromatic carbocycles. The van der Waals surface area contributed by atoms with Crippen LogP contribution in [0.25, 0.3) is 0 Å². The van der Waals surface area contributed by atoms with Crippen LogP contribution in [-0.4, -0.2) is 95.7 Å². The Bertz CT molecular complexity index is 2530. The summed E-state index contributed by atoms with van der Waals surface area (Å²) in [6, 6.07) is 61.1. The summed E-state index contributed by atoms with van der Waals surface area (Å²) in [5, 5.41) is 14.4. The summed E-state index contributed by atoms with van der Waals surface area (Å²) in [4.78, 5) is 26.2. The first-order chi connectivity index (χ1) is 40.4. The molecule has 0 saturated heterocycles. The first kappa shape index (κ1) is 70.3. The van der Waals surface area contributed by atoms with Gasteiger partial charge in [-0.3, -0.25) is 0 Å². The molecule has 0 aromatic heterocycles. The number of hydrogen-bond donors (Lipinski definition) is 1. The van der Waals surface area contributed by atoms with E-state index in [4.69, 9.17) is 27.4 Å². The van der Waals surface area contributed by atoms with Crippen molar-refractivity contribution in [2.75, 3.05) is 37.6 Å². The van der Waals surface area contributed by atoms with Crippen LogP contribution in [-0.2, 0) is 27.4 Å². The van der Waals surface area contributed by atoms with Gasteiger partial charge in [-0.25, -0.2) is 9.59 Å². The van der Waals surface area contributed by atoms with E-state index in [9.17, 15) is 14.7 Å². The summed E-state index contributed by atoms with van der Waals surface area (Å²) < 4.78 is 38.6. The summed E-state index contributed by atoms with van der Waals surface area (Å²) in [6.45, 7) is 18.1. The van der Waals surface area contributed by atoms with E-state index >= 15 is 0 Å². The predicted octanol–water partition coefficient (Wildman–Crippen LogP) is 14.9. The normalized spacial score (nSPS) is 14.7. The maximum atomic E-state index is 13.1. The molecule has 6 rings (SSSR count). The number of aliphatic hydroxyl groups excluding tert-OH is 1. The summed E-state index contributed by atoms with van der Waals surface area (Å²) in [7, 11) is -1.25. The third-order valence-corrected chi connectivity index (χ3v) is 28.1. The molecule has 0 aliphatic carbocycles. The molecule has 6 aromatic rings. The van der Waals surface area contributed by atoms with Crippen molar-refractivity contribution in [1.82, 2.24) is 0 Å². The molecule has 1 N–H and O–H groups in total. The Balaban J connectivity index is 0.000000307. The average Bonchev–Trinajstić information content (AvgIpc) is 1.10. The zero-order chi connectivity index (χ0) is 60.9. The highest BCUT2D eigenvalue weighted by atomic mass is 127. The third kappa shape index (κ3) is 20.9. The second-order valence-electron chi connectivity index (χ2n) is 23.3. The van der Waals surface area contributed by atoms with Crippen LogP contribution in [0.4, 0.5) is 0 Å². The van der Waals surface area contributed by atoms with Gasteiger partial charge in [-0.1, -0.05) is 234 Å². The zero-order valence-corrected chi connectivity index (χ0v) is 57.4. The van der Waals surface area contributed by atoms with Crippen LogP contribution >= 0.6 is 40.2 Å². The highest BCUT2D eigenvalue weighted by molar-refractivity contribution is 14.1. The maximum absolute atomic E-state index is 13.1. The molecular formula is C70H93IO9P2Si2. The molecule has 0 saturated carbocycles. The van der Waals surface area contributed by atoms with Crippen molar-refractivity contribution in [2.45, 2.75) is 128 Å². The molecule has 0 heterocycles. The maximum Gasteiger partial charge on any atom is 0.338 e. The predicted molar refractivity (Wildman–Crippen MR) is 367 cm³/mol. The highest BCUT2D eigenvalue weighted by Crippen LogP contribution is 2.39. The highest BCUT2D eigenvalue weighted by Gasteiger charge is 2.52. The van der Waals surface area contributed by atoms with Crippen LogP contribution in [0.2, 0.25) is 10.1 Å². The van der Waals surface area contributed by atoms with Gasteiger partial charge >= 0.3 is 11.9 Å². The van der Waals surface area contributed by atoms with Crippen molar-refractivity contribution in [3.05, 3.63) is 217 Å². The summed E-state index contributed by atoms with van der Waals surface area (Å²) >= 11 is 2.41. The second kappa shape index (κ2) is 36.6. The molecule has 0 amide bonds. The number of alkyl halides is 1. The van der Waals surface area contributed by atoms with Gasteiger partial charge in [0, 0.05) is 62.5 Å². The van der Waals surface area contributed by atoms with Gasteiger partial charge in [0.05, 0.1) is 11.1 Å². The first-order valence-electron chi connectivity index (χ1n) is 29.6. The van der Waals surface area contributed by atoms with Crippen LogP contribution < -0.4 is 20.7 Å². The molecule has 9 nitrogen and oxygen atoms in total. The van der Waals surface area contributed by atoms with E-state index in [1.807, 2.05) is 42.5 Å². The number of halogens is 1. The molecular weight excluding hydrogens is 1230 g/mol. The smallest absolute Gasteiger partial charge is 0.338 e. The number of carbonyl (C=O) groups excluding carboxylic acids is 2. The van der Waals surface area contributed by atoms with Gasteiger partial charge in [0.25, 0.3) is 16.6 Å². The molecule has 4 unspecified atom stereocenters. The van der Waals surface area contributed by atoms with Crippen LogP contribution in [0.15, 0.2) is 206 Å². The van der Waals surface area contributed by atoms with Gasteiger partial charge < -0.3 is 32.5 Å². The fourth-order valence-electron chi connectivity index (χ4n) is 10.8. The molecule has 0 radical (unpaired) electrons. The van der Waals surface area contributed by atoms with Gasteiger partial charge in [0.2, 0.25) is 0 Å². The lowest BCUT2D eigenvalue weighted by atomic mass is 9.97. The monoisotopic (exact) mass is 1320 g/mol. The van der Waals surface area contributed by atoms with Gasteiger partial charge in [0.15, 0.2) is 0 Å². The molecule has 0 aliphatic heterocycles. The Hall–Kier alpha value is -4.44. The van der Waals surface area contributed by atoms with Crippen LogP contribution in [0.5, 0.6) is 0 Å². The molecule has 84 heavy (non-hydrogen) atoms. The Morgan fingerprint density at radius 3 is 1.07 bits per heavy atom. The van der Waals surface area contributed by atoms with E-state index in [0.29, 0.717) is 41.6 Å². The third-order valence-electron chi connectivity index (χ3n) is 15.0. The van der Waals surface area contributed by atoms with Crippen LogP contribution in [0.3, 0.4) is 0 Å². The van der Waals surface area contributed by atoms with Crippen LogP contribution in [0, 0.1) is 11.8 Å². The van der Waals surface area contributed by atoms with E-state index in [1.54, 1.807) is 38.5 Å². The van der Waals surface area contributed by atoms with Crippen molar-refractivity contribution >= 4 is 89.5 Å². The van der Waals surface area contributed by atoms with Crippen molar-refractivity contribution in [3.63, 3.8) is 0 Å². The van der Waals surface area contributed by atoms with Crippen molar-refractivity contribution in [1.29, 1.82) is 0 Å². The lowest BCUT2D eigenvalue weighted by Gasteiger charge is -2.44. The molecule has 8 atom stereocenters. The summed E-state index contributed by atoms with van der Waals surface area (Å²) in [5.74, 6) is -0.416. The van der Waals surface area contributed by atoms with E-state index < -0.39 is 22.7 Å². The van der Waals surface area contributed by atoms with Gasteiger partial charge in [-0.15, -0.1) is 0 Å². The van der Waals surface area contributed by atoms with E-state index in [2.05, 4.69) is 218 Å². The van der Waals surface area contributed by atoms with E-state index in [-0.39, 0.29) is 58.8 Å². The van der Waals surface area contributed by atoms with Gasteiger partial charge in [0.1, 0.15) is 12.2 Å². The van der Waals surface area contributed by atoms with Crippen molar-refractivity contribution in [3.8, 4) is 0 Å². The molecule has 0 bridgehead atoms.